The van der Waals surface area contributed by atoms with E-state index >= 15 is 0 Å². The number of nitrogens with zero attached hydrogens (tertiary/aromatic N) is 1. The second-order valence-corrected chi connectivity index (χ2v) is 22.3. The van der Waals surface area contributed by atoms with E-state index in [0.29, 0.717) is 43.4 Å². The van der Waals surface area contributed by atoms with E-state index in [1.54, 1.807) is 41.5 Å². The minimum Gasteiger partial charge on any atom is -0.481 e. The molecule has 71 heavy (non-hydrogen) atoms. The molecule has 0 aromatic rings. The third-order valence-corrected chi connectivity index (χ3v) is 10.9. The summed E-state index contributed by atoms with van der Waals surface area (Å²) in [6.07, 6.45) is 16.1. The van der Waals surface area contributed by atoms with Gasteiger partial charge in [-0.05, 0) is 88.0 Å². The van der Waals surface area contributed by atoms with Crippen LogP contribution in [0.4, 0.5) is 0 Å². The fourth-order valence-electron chi connectivity index (χ4n) is 7.29. The average Bonchev–Trinajstić information content (AvgIpc) is 3.22. The van der Waals surface area contributed by atoms with Crippen LogP contribution in [-0.4, -0.2) is 146 Å². The number of Topliss-reactive ketones (excluding diaryl/α,β-unsaturated/α-hetero) is 1. The number of carboxylic acids is 1. The number of unbranched alkanes of at least 4 members (excludes halogenated alkanes) is 13. The van der Waals surface area contributed by atoms with Crippen molar-refractivity contribution in [3.05, 3.63) is 0 Å². The third-order valence-electron chi connectivity index (χ3n) is 10.9. The van der Waals surface area contributed by atoms with Crippen LogP contribution in [-0.2, 0) is 62.0 Å². The molecule has 0 aromatic carbocycles. The first-order valence-electron chi connectivity index (χ1n) is 26.3. The van der Waals surface area contributed by atoms with Crippen LogP contribution in [0.15, 0.2) is 0 Å². The van der Waals surface area contributed by atoms with Crippen LogP contribution in [0.25, 0.3) is 0 Å². The first kappa shape index (κ1) is 66.8. The summed E-state index contributed by atoms with van der Waals surface area (Å²) < 4.78 is 27.8. The van der Waals surface area contributed by atoms with E-state index in [1.165, 1.54) is 38.5 Å². The Kier molecular flexibility index (Phi) is 34.6. The molecule has 0 aliphatic rings. The largest absolute Gasteiger partial charge is 0.481 e. The molecule has 0 fully saturated rings. The molecule has 412 valence electrons. The maximum absolute atomic E-state index is 13.3. The average molecular weight is 1010 g/mol. The molecule has 2 atom stereocenters. The number of hydrogen-bond donors (Lipinski definition) is 4. The number of hydrogen-bond acceptors (Lipinski definition) is 13. The highest BCUT2D eigenvalue weighted by atomic mass is 16.6. The van der Waals surface area contributed by atoms with Crippen molar-refractivity contribution in [2.45, 2.75) is 232 Å². The Bertz CT molecular complexity index is 1580. The molecule has 3 amide bonds. The molecule has 0 aliphatic carbocycles. The lowest BCUT2D eigenvalue weighted by Gasteiger charge is -2.29. The van der Waals surface area contributed by atoms with Crippen LogP contribution in [0.2, 0.25) is 0 Å². The molecular weight excluding hydrogens is 917 g/mol. The van der Waals surface area contributed by atoms with E-state index in [0.717, 1.165) is 44.9 Å². The van der Waals surface area contributed by atoms with Crippen molar-refractivity contribution in [2.24, 2.45) is 0 Å². The number of nitrogens with one attached hydrogen (secondary N) is 3. The van der Waals surface area contributed by atoms with Crippen molar-refractivity contribution >= 4 is 47.4 Å². The van der Waals surface area contributed by atoms with E-state index in [4.69, 9.17) is 28.8 Å². The number of ether oxygens (including phenoxy) is 5. The number of carboxylic acid groups (broad SMARTS) is 1. The molecule has 18 heteroatoms. The van der Waals surface area contributed by atoms with Crippen molar-refractivity contribution < 1.29 is 71.6 Å². The van der Waals surface area contributed by atoms with Crippen molar-refractivity contribution in [2.75, 3.05) is 60.2 Å². The molecule has 0 unspecified atom stereocenters. The number of esters is 3. The van der Waals surface area contributed by atoms with Gasteiger partial charge in [-0.15, -0.1) is 0 Å². The van der Waals surface area contributed by atoms with Gasteiger partial charge in [0, 0.05) is 32.1 Å². The lowest BCUT2D eigenvalue weighted by molar-refractivity contribution is -0.889. The molecule has 0 spiro atoms. The highest BCUT2D eigenvalue weighted by Crippen LogP contribution is 2.17. The van der Waals surface area contributed by atoms with Crippen molar-refractivity contribution in [3.8, 4) is 0 Å². The predicted molar refractivity (Wildman–Crippen MR) is 272 cm³/mol. The summed E-state index contributed by atoms with van der Waals surface area (Å²) in [5, 5.41) is 17.0. The molecule has 18 nitrogen and oxygen atoms in total. The summed E-state index contributed by atoms with van der Waals surface area (Å²) in [6.45, 7) is 17.2. The predicted octanol–water partition coefficient (Wildman–Crippen LogP) is 7.44. The van der Waals surface area contributed by atoms with Crippen molar-refractivity contribution in [1.29, 1.82) is 0 Å². The van der Waals surface area contributed by atoms with Gasteiger partial charge < -0.3 is 49.2 Å². The third kappa shape index (κ3) is 43.2. The zero-order valence-corrected chi connectivity index (χ0v) is 45.9. The van der Waals surface area contributed by atoms with Crippen LogP contribution < -0.4 is 16.0 Å². The van der Waals surface area contributed by atoms with Crippen LogP contribution in [0.5, 0.6) is 0 Å². The van der Waals surface area contributed by atoms with E-state index in [1.807, 2.05) is 34.9 Å². The summed E-state index contributed by atoms with van der Waals surface area (Å²) in [5.41, 5.74) is -2.13. The minimum atomic E-state index is -1.17. The number of likely N-dealkylation sites (N-methyl/N-ethyl adjacent to an activating group) is 1. The van der Waals surface area contributed by atoms with Crippen molar-refractivity contribution in [3.63, 3.8) is 0 Å². The zero-order valence-electron chi connectivity index (χ0n) is 45.9. The Labute approximate surface area is 426 Å². The second-order valence-electron chi connectivity index (χ2n) is 22.3. The first-order valence-corrected chi connectivity index (χ1v) is 26.3. The number of rotatable bonds is 41. The number of aliphatic carboxylic acids is 1. The number of carbonyl (C=O) groups excluding carboxylic acids is 7. The zero-order chi connectivity index (χ0) is 53.9. The Morgan fingerprint density at radius 1 is 0.465 bits per heavy atom. The van der Waals surface area contributed by atoms with Gasteiger partial charge in [0.25, 0.3) is 0 Å². The van der Waals surface area contributed by atoms with Crippen LogP contribution >= 0.6 is 0 Å². The minimum absolute atomic E-state index is 0.0411. The fraction of sp³-hybridized carbons (Fsp3) is 0.849. The Morgan fingerprint density at radius 2 is 0.873 bits per heavy atom. The van der Waals surface area contributed by atoms with E-state index in [-0.39, 0.29) is 88.5 Å². The van der Waals surface area contributed by atoms with Crippen LogP contribution in [0.3, 0.4) is 0 Å². The van der Waals surface area contributed by atoms with E-state index in [9.17, 15) is 38.4 Å². The monoisotopic (exact) mass is 1010 g/mol. The quantitative estimate of drug-likeness (QED) is 0.0202. The van der Waals surface area contributed by atoms with Crippen LogP contribution in [0, 0.1) is 0 Å². The van der Waals surface area contributed by atoms with Gasteiger partial charge in [-0.3, -0.25) is 28.8 Å². The molecule has 0 aromatic heterocycles. The summed E-state index contributed by atoms with van der Waals surface area (Å²) in [5.74, 6) is -3.87. The van der Waals surface area contributed by atoms with Gasteiger partial charge in [0.1, 0.15) is 42.1 Å². The smallest absolute Gasteiger partial charge is 0.329 e. The molecule has 0 saturated heterocycles. The van der Waals surface area contributed by atoms with Crippen LogP contribution in [0.1, 0.15) is 204 Å². The number of carbonyl (C=O) groups is 8. The Morgan fingerprint density at radius 3 is 1.32 bits per heavy atom. The lowest BCUT2D eigenvalue weighted by Crippen LogP contribution is -2.47. The van der Waals surface area contributed by atoms with E-state index < -0.39 is 52.7 Å². The molecular formula is C53H97N4O14+. The van der Waals surface area contributed by atoms with Gasteiger partial charge in [0.2, 0.25) is 17.7 Å². The molecule has 0 heterocycles. The Balaban J connectivity index is 4.71. The number of ketones is 1. The standard InChI is InChI=1S/C53H96N4O14/c1-51(2,3)69-48(64)29-25-23-21-19-17-15-13-12-14-16-18-20-22-24-27-44(59)55-43(50(66)71-53(7,8)9)32-33-45(60)56-42(49(65)70-52(4,5)6)31-30-41(58)39-67-37-38-68-40-46(61)54-34-36-57(10,11)35-26-28-47(62)63/h42-43H,12-40H2,1-11H3,(H3-,54,55,56,59,60,61,62,63)/p+1/t42-,43-/m0/s1. The maximum atomic E-state index is 13.3. The van der Waals surface area contributed by atoms with Gasteiger partial charge in [0.05, 0.1) is 53.4 Å². The summed E-state index contributed by atoms with van der Waals surface area (Å²) in [7, 11) is 3.93. The molecule has 0 radical (unpaired) electrons. The van der Waals surface area contributed by atoms with Gasteiger partial charge in [0.15, 0.2) is 5.78 Å². The fourth-order valence-corrected chi connectivity index (χ4v) is 7.29. The van der Waals surface area contributed by atoms with Gasteiger partial charge in [-0.2, -0.15) is 0 Å². The molecule has 0 rings (SSSR count). The molecule has 0 aliphatic heterocycles. The lowest BCUT2D eigenvalue weighted by atomic mass is 10.0. The topological polar surface area (TPSA) is 239 Å². The summed E-state index contributed by atoms with van der Waals surface area (Å²) in [6, 6.07) is -2.25. The Hall–Kier alpha value is -4.16. The molecule has 0 bridgehead atoms. The van der Waals surface area contributed by atoms with Gasteiger partial charge in [-0.25, -0.2) is 9.59 Å². The van der Waals surface area contributed by atoms with Gasteiger partial charge >= 0.3 is 23.9 Å². The molecule has 0 saturated carbocycles. The SMILES string of the molecule is CC(C)(C)OC(=O)CCCCCCCCCCCCCCCCC(=O)N[C@@H](CCC(=O)N[C@@H](CCC(=O)COCCOCC(=O)NCC[N+](C)(C)CCCC(=O)O)C(=O)OC(C)(C)C)C(=O)OC(C)(C)C. The number of amides is 3. The highest BCUT2D eigenvalue weighted by Gasteiger charge is 2.30. The highest BCUT2D eigenvalue weighted by molar-refractivity contribution is 5.88. The summed E-state index contributed by atoms with van der Waals surface area (Å²) >= 11 is 0. The van der Waals surface area contributed by atoms with Gasteiger partial charge in [-0.1, -0.05) is 77.0 Å². The van der Waals surface area contributed by atoms with E-state index in [2.05, 4.69) is 16.0 Å². The van der Waals surface area contributed by atoms with Crippen molar-refractivity contribution in [1.82, 2.24) is 16.0 Å². The summed E-state index contributed by atoms with van der Waals surface area (Å²) in [4.78, 5) is 100. The first-order chi connectivity index (χ1) is 33.1. The second kappa shape index (κ2) is 36.7. The normalized spacial score (nSPS) is 12.9. The number of quaternary nitrogens is 1. The molecule has 4 N–H and O–H groups in total. The maximum Gasteiger partial charge on any atom is 0.329 e.